The molecule has 0 aliphatic rings. The first-order chi connectivity index (χ1) is 28.7. The van der Waals surface area contributed by atoms with Gasteiger partial charge in [0.05, 0.1) is 50.7 Å². The molecule has 0 spiro atoms. The van der Waals surface area contributed by atoms with E-state index in [1.54, 1.807) is 0 Å². The molecule has 320 valence electrons. The Morgan fingerprint density at radius 3 is 1.11 bits per heavy atom. The minimum Gasteiger partial charge on any atom is -0.497 e. The molecule has 0 atom stereocenters. The minimum atomic E-state index is -4.79. The van der Waals surface area contributed by atoms with E-state index in [1.165, 1.54) is 111 Å². The molecule has 0 heterocycles. The molecule has 0 aromatic heterocycles. The SMILES string of the molecule is COc1ccc(S(=O)(=O)c2ccc(Oc3ccc(S(=O)(=O)c4ccc(Oc5ccc(S(=O)(=O)c6ccc(OC)cc6)cc5)c(S(=O)(=O)OC)c4)cc3CS(=O)(=O)O)cc2)cc1. The van der Waals surface area contributed by atoms with Gasteiger partial charge in [-0.1, -0.05) is 0 Å². The Hall–Kier alpha value is -5.81. The van der Waals surface area contributed by atoms with E-state index in [0.29, 0.717) is 11.5 Å². The van der Waals surface area contributed by atoms with E-state index in [-0.39, 0.29) is 48.1 Å². The predicted octanol–water partition coefficient (Wildman–Crippen LogP) is 6.51. The zero-order valence-electron chi connectivity index (χ0n) is 32.0. The highest BCUT2D eigenvalue weighted by atomic mass is 32.2. The lowest BCUT2D eigenvalue weighted by molar-refractivity contribution is 0.391. The van der Waals surface area contributed by atoms with Crippen LogP contribution in [0, 0.1) is 0 Å². The first-order valence-corrected chi connectivity index (χ1v) is 24.8. The van der Waals surface area contributed by atoms with Crippen molar-refractivity contribution in [1.29, 1.82) is 0 Å². The van der Waals surface area contributed by atoms with Crippen LogP contribution < -0.4 is 18.9 Å². The quantitative estimate of drug-likeness (QED) is 0.0804. The van der Waals surface area contributed by atoms with Crippen LogP contribution >= 0.6 is 0 Å². The van der Waals surface area contributed by atoms with Crippen LogP contribution in [0.4, 0.5) is 0 Å². The minimum absolute atomic E-state index is 0.00496. The molecular weight excluding hydrogens is 897 g/mol. The van der Waals surface area contributed by atoms with Crippen molar-refractivity contribution >= 4 is 49.7 Å². The molecule has 0 saturated heterocycles. The largest absolute Gasteiger partial charge is 0.497 e. The maximum atomic E-state index is 14.0. The molecule has 0 amide bonds. The summed E-state index contributed by atoms with van der Waals surface area (Å²) in [6.45, 7) is 0. The Bertz CT molecular complexity index is 3150. The Kier molecular flexibility index (Phi) is 12.7. The van der Waals surface area contributed by atoms with Gasteiger partial charge in [0, 0.05) is 5.56 Å². The van der Waals surface area contributed by atoms with Gasteiger partial charge in [-0.25, -0.2) is 25.3 Å². The van der Waals surface area contributed by atoms with Crippen LogP contribution in [0.1, 0.15) is 5.56 Å². The van der Waals surface area contributed by atoms with Gasteiger partial charge in [0.15, 0.2) is 0 Å². The molecule has 1 N–H and O–H groups in total. The number of ether oxygens (including phenoxy) is 4. The molecular formula is C40H34O16S5. The number of sulfone groups is 3. The fourth-order valence-electron chi connectivity index (χ4n) is 5.70. The van der Waals surface area contributed by atoms with Gasteiger partial charge in [0.25, 0.3) is 20.2 Å². The molecule has 0 aliphatic heterocycles. The van der Waals surface area contributed by atoms with Crippen molar-refractivity contribution in [2.24, 2.45) is 0 Å². The predicted molar refractivity (Wildman–Crippen MR) is 218 cm³/mol. The van der Waals surface area contributed by atoms with Gasteiger partial charge < -0.3 is 18.9 Å². The molecule has 61 heavy (non-hydrogen) atoms. The summed E-state index contributed by atoms with van der Waals surface area (Å²) in [6.07, 6.45) is 0. The molecule has 6 rings (SSSR count). The average molecular weight is 931 g/mol. The summed E-state index contributed by atoms with van der Waals surface area (Å²) in [5.74, 6) is -0.780. The van der Waals surface area contributed by atoms with E-state index in [2.05, 4.69) is 4.18 Å². The summed E-state index contributed by atoms with van der Waals surface area (Å²) in [6, 6.07) is 27.4. The van der Waals surface area contributed by atoms with Crippen LogP contribution in [0.15, 0.2) is 168 Å². The maximum Gasteiger partial charge on any atom is 0.300 e. The third-order valence-corrected chi connectivity index (χ3v) is 16.2. The fraction of sp³-hybridized carbons (Fsp3) is 0.100. The van der Waals surface area contributed by atoms with Crippen LogP contribution in [-0.4, -0.2) is 68.0 Å². The van der Waals surface area contributed by atoms with Gasteiger partial charge in [-0.05, 0) is 133 Å². The molecule has 21 heteroatoms. The molecule has 0 saturated carbocycles. The van der Waals surface area contributed by atoms with Crippen LogP contribution in [0.25, 0.3) is 0 Å². The molecule has 0 aliphatic carbocycles. The van der Waals surface area contributed by atoms with Gasteiger partial charge in [-0.3, -0.25) is 8.74 Å². The molecule has 0 unspecified atom stereocenters. The zero-order chi connectivity index (χ0) is 44.4. The summed E-state index contributed by atoms with van der Waals surface area (Å²) in [4.78, 5) is -2.04. The van der Waals surface area contributed by atoms with Gasteiger partial charge in [0.2, 0.25) is 29.5 Å². The summed E-state index contributed by atoms with van der Waals surface area (Å²) in [5, 5.41) is 0. The van der Waals surface area contributed by atoms with E-state index < -0.39 is 70.2 Å². The average Bonchev–Trinajstić information content (AvgIpc) is 3.24. The van der Waals surface area contributed by atoms with Crippen LogP contribution in [0.5, 0.6) is 34.5 Å². The number of hydrogen-bond acceptors (Lipinski definition) is 15. The van der Waals surface area contributed by atoms with Crippen LogP contribution in [-0.2, 0) is 59.7 Å². The first-order valence-electron chi connectivity index (χ1n) is 17.3. The summed E-state index contributed by atoms with van der Waals surface area (Å²) in [7, 11) is -18.3. The fourth-order valence-corrected chi connectivity index (χ4v) is 11.1. The highest BCUT2D eigenvalue weighted by Gasteiger charge is 2.28. The lowest BCUT2D eigenvalue weighted by Crippen LogP contribution is -2.10. The van der Waals surface area contributed by atoms with Gasteiger partial charge in [0.1, 0.15) is 45.1 Å². The van der Waals surface area contributed by atoms with Gasteiger partial charge in [-0.2, -0.15) is 16.8 Å². The third-order valence-electron chi connectivity index (χ3n) is 8.86. The summed E-state index contributed by atoms with van der Waals surface area (Å²) >= 11 is 0. The van der Waals surface area contributed by atoms with Crippen LogP contribution in [0.3, 0.4) is 0 Å². The monoisotopic (exact) mass is 930 g/mol. The van der Waals surface area contributed by atoms with Crippen LogP contribution in [0.2, 0.25) is 0 Å². The molecule has 0 fully saturated rings. The Labute approximate surface area is 352 Å². The summed E-state index contributed by atoms with van der Waals surface area (Å²) < 4.78 is 167. The van der Waals surface area contributed by atoms with E-state index in [1.807, 2.05) is 0 Å². The lowest BCUT2D eigenvalue weighted by atomic mass is 10.2. The number of rotatable bonds is 16. The topological polar surface area (TPSA) is 237 Å². The number of methoxy groups -OCH3 is 2. The van der Waals surface area contributed by atoms with Crippen molar-refractivity contribution in [2.45, 2.75) is 40.0 Å². The van der Waals surface area contributed by atoms with Crippen molar-refractivity contribution < 1.29 is 69.8 Å². The molecule has 16 nitrogen and oxygen atoms in total. The molecule has 6 aromatic rings. The number of benzene rings is 6. The highest BCUT2D eigenvalue weighted by molar-refractivity contribution is 7.92. The second-order valence-electron chi connectivity index (χ2n) is 12.7. The zero-order valence-corrected chi connectivity index (χ0v) is 36.1. The standard InChI is InChI=1S/C40H34O16S5/c1-52-28-4-12-32(13-5-28)58(44,45)34-16-8-30(9-17-34)55-38-22-20-36(24-27(38)26-57(41,42)43)60(48,49)37-21-23-39(40(25-37)61(50,51)54-3)56-31-10-18-35(19-11-31)59(46,47)33-14-6-29(53-2)7-15-33/h4-25H,26H2,1-3H3,(H,41,42,43). The van der Waals surface area contributed by atoms with Crippen molar-refractivity contribution in [2.75, 3.05) is 21.3 Å². The third kappa shape index (κ3) is 9.89. The highest BCUT2D eigenvalue weighted by Crippen LogP contribution is 2.37. The molecule has 0 radical (unpaired) electrons. The van der Waals surface area contributed by atoms with Gasteiger partial charge >= 0.3 is 0 Å². The smallest absolute Gasteiger partial charge is 0.300 e. The van der Waals surface area contributed by atoms with Crippen molar-refractivity contribution in [1.82, 2.24) is 0 Å². The maximum absolute atomic E-state index is 14.0. The van der Waals surface area contributed by atoms with Crippen molar-refractivity contribution in [3.05, 3.63) is 139 Å². The van der Waals surface area contributed by atoms with E-state index >= 15 is 0 Å². The molecule has 6 aromatic carbocycles. The van der Waals surface area contributed by atoms with Crippen molar-refractivity contribution in [3.8, 4) is 34.5 Å². The Morgan fingerprint density at radius 2 is 0.738 bits per heavy atom. The van der Waals surface area contributed by atoms with Crippen molar-refractivity contribution in [3.63, 3.8) is 0 Å². The summed E-state index contributed by atoms with van der Waals surface area (Å²) in [5.41, 5.74) is -0.319. The van der Waals surface area contributed by atoms with E-state index in [4.69, 9.17) is 18.9 Å². The Morgan fingerprint density at radius 1 is 0.410 bits per heavy atom. The normalized spacial score (nSPS) is 12.4. The number of hydrogen-bond donors (Lipinski definition) is 1. The van der Waals surface area contributed by atoms with E-state index in [9.17, 15) is 46.6 Å². The lowest BCUT2D eigenvalue weighted by Gasteiger charge is -2.15. The second-order valence-corrected chi connectivity index (χ2v) is 21.7. The first kappa shape index (κ1) is 44.7. The second kappa shape index (κ2) is 17.3. The molecule has 0 bridgehead atoms. The van der Waals surface area contributed by atoms with E-state index in [0.717, 1.165) is 43.5 Å². The Balaban J connectivity index is 1.28. The van der Waals surface area contributed by atoms with Gasteiger partial charge in [-0.15, -0.1) is 0 Å².